The SMILES string of the molecule is Cc1ccc(C)c(OCCNC(=O)CN(c2ccc(F)c(Cl)c2)S(C)(=O)=O)c1. The Morgan fingerprint density at radius 2 is 1.93 bits per heavy atom. The van der Waals surface area contributed by atoms with Crippen LogP contribution in [-0.2, 0) is 14.8 Å². The highest BCUT2D eigenvalue weighted by atomic mass is 35.5. The van der Waals surface area contributed by atoms with Gasteiger partial charge in [0, 0.05) is 0 Å². The predicted octanol–water partition coefficient (Wildman–Crippen LogP) is 3.06. The Hall–Kier alpha value is -2.32. The van der Waals surface area contributed by atoms with Crippen molar-refractivity contribution in [3.63, 3.8) is 0 Å². The highest BCUT2D eigenvalue weighted by Crippen LogP contribution is 2.24. The number of benzene rings is 2. The van der Waals surface area contributed by atoms with Gasteiger partial charge in [0.15, 0.2) is 0 Å². The molecule has 0 saturated heterocycles. The van der Waals surface area contributed by atoms with E-state index in [9.17, 15) is 17.6 Å². The fraction of sp³-hybridized carbons (Fsp3) is 0.316. The minimum Gasteiger partial charge on any atom is -0.491 e. The molecule has 0 fully saturated rings. The maximum atomic E-state index is 13.3. The lowest BCUT2D eigenvalue weighted by atomic mass is 10.1. The van der Waals surface area contributed by atoms with Gasteiger partial charge in [0.2, 0.25) is 15.9 Å². The van der Waals surface area contributed by atoms with Gasteiger partial charge in [-0.15, -0.1) is 0 Å². The molecular formula is C19H22ClFN2O4S. The van der Waals surface area contributed by atoms with Crippen LogP contribution in [0.4, 0.5) is 10.1 Å². The molecule has 6 nitrogen and oxygen atoms in total. The van der Waals surface area contributed by atoms with Crippen LogP contribution < -0.4 is 14.4 Å². The summed E-state index contributed by atoms with van der Waals surface area (Å²) in [6, 6.07) is 9.28. The summed E-state index contributed by atoms with van der Waals surface area (Å²) in [5, 5.41) is 2.38. The number of halogens is 2. The normalized spacial score (nSPS) is 11.2. The van der Waals surface area contributed by atoms with Crippen molar-refractivity contribution in [2.24, 2.45) is 0 Å². The van der Waals surface area contributed by atoms with Gasteiger partial charge in [-0.25, -0.2) is 12.8 Å². The van der Waals surface area contributed by atoms with E-state index in [1.165, 1.54) is 6.07 Å². The summed E-state index contributed by atoms with van der Waals surface area (Å²) in [6.07, 6.45) is 0.959. The van der Waals surface area contributed by atoms with Gasteiger partial charge in [-0.3, -0.25) is 9.10 Å². The molecule has 2 aromatic carbocycles. The number of ether oxygens (including phenoxy) is 1. The van der Waals surface area contributed by atoms with E-state index in [4.69, 9.17) is 16.3 Å². The average Bonchev–Trinajstić information content (AvgIpc) is 2.61. The number of nitrogens with zero attached hydrogens (tertiary/aromatic N) is 1. The monoisotopic (exact) mass is 428 g/mol. The lowest BCUT2D eigenvalue weighted by Crippen LogP contribution is -2.41. The van der Waals surface area contributed by atoms with E-state index in [2.05, 4.69) is 5.32 Å². The van der Waals surface area contributed by atoms with Gasteiger partial charge in [-0.2, -0.15) is 0 Å². The summed E-state index contributed by atoms with van der Waals surface area (Å²) in [6.45, 7) is 3.86. The Morgan fingerprint density at radius 1 is 1.21 bits per heavy atom. The fourth-order valence-electron chi connectivity index (χ4n) is 2.44. The number of hydrogen-bond acceptors (Lipinski definition) is 4. The predicted molar refractivity (Wildman–Crippen MR) is 108 cm³/mol. The fourth-order valence-corrected chi connectivity index (χ4v) is 3.46. The number of hydrogen-bond donors (Lipinski definition) is 1. The minimum absolute atomic E-state index is 0.107. The number of carbonyl (C=O) groups is 1. The molecule has 1 amide bonds. The van der Waals surface area contributed by atoms with Crippen LogP contribution in [0.15, 0.2) is 36.4 Å². The zero-order valence-electron chi connectivity index (χ0n) is 15.8. The molecule has 0 aromatic heterocycles. The Balaban J connectivity index is 1.95. The van der Waals surface area contributed by atoms with E-state index in [1.54, 1.807) is 0 Å². The number of aryl methyl sites for hydroxylation is 2. The number of sulfonamides is 1. The van der Waals surface area contributed by atoms with Crippen LogP contribution in [0.25, 0.3) is 0 Å². The zero-order valence-corrected chi connectivity index (χ0v) is 17.4. The van der Waals surface area contributed by atoms with E-state index in [0.717, 1.165) is 39.6 Å². The van der Waals surface area contributed by atoms with Gasteiger partial charge in [-0.1, -0.05) is 23.7 Å². The van der Waals surface area contributed by atoms with E-state index in [0.29, 0.717) is 0 Å². The Bertz CT molecular complexity index is 966. The lowest BCUT2D eigenvalue weighted by molar-refractivity contribution is -0.119. The highest BCUT2D eigenvalue weighted by Gasteiger charge is 2.21. The second kappa shape index (κ2) is 9.25. The first-order valence-corrected chi connectivity index (χ1v) is 10.7. The third-order valence-electron chi connectivity index (χ3n) is 3.90. The topological polar surface area (TPSA) is 75.7 Å². The molecule has 1 N–H and O–H groups in total. The number of rotatable bonds is 8. The first-order chi connectivity index (χ1) is 13.1. The van der Waals surface area contributed by atoms with Gasteiger partial charge in [0.25, 0.3) is 0 Å². The average molecular weight is 429 g/mol. The van der Waals surface area contributed by atoms with Crippen molar-refractivity contribution in [2.45, 2.75) is 13.8 Å². The van der Waals surface area contributed by atoms with Crippen LogP contribution in [-0.4, -0.2) is 40.3 Å². The Morgan fingerprint density at radius 3 is 2.57 bits per heavy atom. The van der Waals surface area contributed by atoms with Crippen LogP contribution in [0.1, 0.15) is 11.1 Å². The van der Waals surface area contributed by atoms with E-state index in [1.807, 2.05) is 32.0 Å². The first-order valence-electron chi connectivity index (χ1n) is 8.47. The second-order valence-corrected chi connectivity index (χ2v) is 8.65. The summed E-state index contributed by atoms with van der Waals surface area (Å²) in [5.41, 5.74) is 2.15. The lowest BCUT2D eigenvalue weighted by Gasteiger charge is -2.22. The van der Waals surface area contributed by atoms with Gasteiger partial charge in [-0.05, 0) is 49.2 Å². The molecule has 0 spiro atoms. The van der Waals surface area contributed by atoms with Crippen molar-refractivity contribution in [3.05, 3.63) is 58.4 Å². The molecule has 0 heterocycles. The number of nitrogens with one attached hydrogen (secondary N) is 1. The smallest absolute Gasteiger partial charge is 0.240 e. The van der Waals surface area contributed by atoms with E-state index in [-0.39, 0.29) is 23.9 Å². The van der Waals surface area contributed by atoms with E-state index >= 15 is 0 Å². The molecule has 152 valence electrons. The second-order valence-electron chi connectivity index (χ2n) is 6.34. The Kier molecular flexibility index (Phi) is 7.26. The zero-order chi connectivity index (χ0) is 20.9. The molecule has 28 heavy (non-hydrogen) atoms. The van der Waals surface area contributed by atoms with Crippen molar-refractivity contribution in [1.82, 2.24) is 5.32 Å². The molecule has 0 aliphatic rings. The summed E-state index contributed by atoms with van der Waals surface area (Å²) in [5.74, 6) is -0.463. The first kappa shape index (κ1) is 22.0. The minimum atomic E-state index is -3.77. The molecule has 2 aromatic rings. The van der Waals surface area contributed by atoms with Crippen LogP contribution in [0, 0.1) is 19.7 Å². The van der Waals surface area contributed by atoms with Crippen LogP contribution in [0.3, 0.4) is 0 Å². The van der Waals surface area contributed by atoms with Crippen molar-refractivity contribution < 1.29 is 22.3 Å². The summed E-state index contributed by atoms with van der Waals surface area (Å²) >= 11 is 5.72. The molecule has 2 rings (SSSR count). The van der Waals surface area contributed by atoms with Gasteiger partial charge >= 0.3 is 0 Å². The summed E-state index contributed by atoms with van der Waals surface area (Å²) in [7, 11) is -3.77. The van der Waals surface area contributed by atoms with Crippen LogP contribution in [0.2, 0.25) is 5.02 Å². The Labute approximate surface area is 169 Å². The van der Waals surface area contributed by atoms with Gasteiger partial charge in [0.1, 0.15) is 24.7 Å². The van der Waals surface area contributed by atoms with Crippen LogP contribution >= 0.6 is 11.6 Å². The van der Waals surface area contributed by atoms with Crippen molar-refractivity contribution in [1.29, 1.82) is 0 Å². The number of amides is 1. The largest absolute Gasteiger partial charge is 0.491 e. The molecule has 0 aliphatic heterocycles. The maximum Gasteiger partial charge on any atom is 0.240 e. The maximum absolute atomic E-state index is 13.3. The quantitative estimate of drug-likeness (QED) is 0.655. The molecule has 0 atom stereocenters. The highest BCUT2D eigenvalue weighted by molar-refractivity contribution is 7.92. The summed E-state index contributed by atoms with van der Waals surface area (Å²) < 4.78 is 43.9. The third kappa shape index (κ3) is 6.10. The molecular weight excluding hydrogens is 407 g/mol. The molecule has 0 saturated carbocycles. The number of carbonyl (C=O) groups excluding carboxylic acids is 1. The molecule has 0 radical (unpaired) electrons. The van der Waals surface area contributed by atoms with Crippen molar-refractivity contribution >= 4 is 33.2 Å². The third-order valence-corrected chi connectivity index (χ3v) is 5.33. The van der Waals surface area contributed by atoms with Crippen molar-refractivity contribution in [3.8, 4) is 5.75 Å². The molecule has 9 heteroatoms. The standard InChI is InChI=1S/C19H22ClFN2O4S/c1-13-4-5-14(2)18(10-13)27-9-8-22-19(24)12-23(28(3,25)26)15-6-7-17(21)16(20)11-15/h4-7,10-11H,8-9,12H2,1-3H3,(H,22,24). The molecule has 0 aliphatic carbocycles. The molecule has 0 bridgehead atoms. The van der Waals surface area contributed by atoms with Gasteiger partial charge in [0.05, 0.1) is 23.5 Å². The van der Waals surface area contributed by atoms with Crippen LogP contribution in [0.5, 0.6) is 5.75 Å². The number of anilines is 1. The molecule has 0 unspecified atom stereocenters. The van der Waals surface area contributed by atoms with Crippen molar-refractivity contribution in [2.75, 3.05) is 30.3 Å². The van der Waals surface area contributed by atoms with Gasteiger partial charge < -0.3 is 10.1 Å². The summed E-state index contributed by atoms with van der Waals surface area (Å²) in [4.78, 5) is 12.2. The van der Waals surface area contributed by atoms with E-state index < -0.39 is 28.3 Å².